The minimum Gasteiger partial charge on any atom is -0.483 e. The molecule has 0 saturated carbocycles. The number of aryl methyl sites for hydroxylation is 1. The number of hydrogen-bond donors (Lipinski definition) is 2. The van der Waals surface area contributed by atoms with E-state index in [1.165, 1.54) is 37.5 Å². The summed E-state index contributed by atoms with van der Waals surface area (Å²) in [5.74, 6) is -1.18. The average molecular weight is 548 g/mol. The molecule has 182 valence electrons. The summed E-state index contributed by atoms with van der Waals surface area (Å²) in [5.41, 5.74) is 2.64. The number of methoxy groups -OCH3 is 1. The molecule has 3 rings (SSSR count). The van der Waals surface area contributed by atoms with Crippen molar-refractivity contribution in [2.24, 2.45) is 0 Å². The van der Waals surface area contributed by atoms with Crippen molar-refractivity contribution >= 4 is 51.2 Å². The third kappa shape index (κ3) is 7.29. The lowest BCUT2D eigenvalue weighted by atomic mass is 10.1. The molecular formula is C27H22BrN3O5. The smallest absolute Gasteiger partial charge is 0.337 e. The Morgan fingerprint density at radius 2 is 1.75 bits per heavy atom. The molecule has 3 aromatic rings. The van der Waals surface area contributed by atoms with E-state index in [0.29, 0.717) is 32.7 Å². The number of nitrogens with zero attached hydrogens (tertiary/aromatic N) is 1. The van der Waals surface area contributed by atoms with Crippen molar-refractivity contribution in [3.8, 4) is 11.8 Å². The number of nitrogens with one attached hydrogen (secondary N) is 2. The van der Waals surface area contributed by atoms with Gasteiger partial charge in [0, 0.05) is 21.4 Å². The summed E-state index contributed by atoms with van der Waals surface area (Å²) in [5, 5.41) is 15.0. The highest BCUT2D eigenvalue weighted by molar-refractivity contribution is 9.10. The minimum absolute atomic E-state index is 0.181. The number of esters is 1. The molecule has 0 fully saturated rings. The lowest BCUT2D eigenvalue weighted by molar-refractivity contribution is -0.118. The predicted octanol–water partition coefficient (Wildman–Crippen LogP) is 5.11. The first-order chi connectivity index (χ1) is 17.3. The molecule has 0 heterocycles. The van der Waals surface area contributed by atoms with Crippen molar-refractivity contribution in [1.29, 1.82) is 5.26 Å². The number of carbonyl (C=O) groups is 3. The van der Waals surface area contributed by atoms with Gasteiger partial charge in [0.05, 0.1) is 12.7 Å². The van der Waals surface area contributed by atoms with Crippen LogP contribution in [0.15, 0.2) is 76.8 Å². The summed E-state index contributed by atoms with van der Waals surface area (Å²) >= 11 is 3.37. The molecule has 0 atom stereocenters. The van der Waals surface area contributed by atoms with Crippen LogP contribution in [0.4, 0.5) is 11.4 Å². The van der Waals surface area contributed by atoms with E-state index >= 15 is 0 Å². The van der Waals surface area contributed by atoms with Crippen molar-refractivity contribution < 1.29 is 23.9 Å². The van der Waals surface area contributed by atoms with Gasteiger partial charge in [-0.05, 0) is 73.2 Å². The number of carbonyl (C=O) groups excluding carboxylic acids is 3. The van der Waals surface area contributed by atoms with E-state index in [1.807, 2.05) is 31.2 Å². The Kier molecular flexibility index (Phi) is 8.97. The molecule has 0 saturated heterocycles. The fourth-order valence-corrected chi connectivity index (χ4v) is 3.52. The third-order valence-corrected chi connectivity index (χ3v) is 5.35. The van der Waals surface area contributed by atoms with Gasteiger partial charge in [-0.3, -0.25) is 9.59 Å². The number of nitriles is 1. The first kappa shape index (κ1) is 26.2. The molecule has 2 amide bonds. The van der Waals surface area contributed by atoms with Gasteiger partial charge < -0.3 is 20.1 Å². The van der Waals surface area contributed by atoms with Crippen LogP contribution in [0.3, 0.4) is 0 Å². The molecule has 8 nitrogen and oxygen atoms in total. The molecule has 0 radical (unpaired) electrons. The maximum atomic E-state index is 12.7. The molecule has 0 spiro atoms. The molecule has 2 N–H and O–H groups in total. The average Bonchev–Trinajstić information content (AvgIpc) is 2.86. The van der Waals surface area contributed by atoms with E-state index in [0.717, 1.165) is 5.56 Å². The highest BCUT2D eigenvalue weighted by Crippen LogP contribution is 2.26. The van der Waals surface area contributed by atoms with E-state index in [2.05, 4.69) is 31.3 Å². The highest BCUT2D eigenvalue weighted by Gasteiger charge is 2.14. The fourth-order valence-electron chi connectivity index (χ4n) is 3.14. The number of rotatable bonds is 8. The Morgan fingerprint density at radius 1 is 1.00 bits per heavy atom. The summed E-state index contributed by atoms with van der Waals surface area (Å²) in [6.45, 7) is 1.66. The van der Waals surface area contributed by atoms with Crippen LogP contribution in [0.2, 0.25) is 0 Å². The summed E-state index contributed by atoms with van der Waals surface area (Å²) in [6, 6.07) is 20.3. The van der Waals surface area contributed by atoms with Gasteiger partial charge in [-0.2, -0.15) is 5.26 Å². The van der Waals surface area contributed by atoms with Crippen molar-refractivity contribution in [3.63, 3.8) is 0 Å². The van der Waals surface area contributed by atoms with Gasteiger partial charge in [0.1, 0.15) is 17.4 Å². The molecule has 0 aliphatic heterocycles. The number of halogens is 1. The van der Waals surface area contributed by atoms with E-state index < -0.39 is 11.9 Å². The third-order valence-electron chi connectivity index (χ3n) is 4.86. The summed E-state index contributed by atoms with van der Waals surface area (Å²) in [7, 11) is 1.28. The van der Waals surface area contributed by atoms with Gasteiger partial charge >= 0.3 is 5.97 Å². The predicted molar refractivity (Wildman–Crippen MR) is 139 cm³/mol. The quantitative estimate of drug-likeness (QED) is 0.230. The topological polar surface area (TPSA) is 118 Å². The maximum Gasteiger partial charge on any atom is 0.337 e. The zero-order valence-electron chi connectivity index (χ0n) is 19.5. The monoisotopic (exact) mass is 547 g/mol. The van der Waals surface area contributed by atoms with Gasteiger partial charge in [-0.15, -0.1) is 0 Å². The Morgan fingerprint density at radius 3 is 2.42 bits per heavy atom. The Bertz CT molecular complexity index is 1360. The molecule has 0 bridgehead atoms. The van der Waals surface area contributed by atoms with Crippen LogP contribution in [0, 0.1) is 18.3 Å². The van der Waals surface area contributed by atoms with Crippen LogP contribution in [-0.4, -0.2) is 31.5 Å². The normalized spacial score (nSPS) is 10.7. The molecule has 36 heavy (non-hydrogen) atoms. The number of amides is 2. The first-order valence-corrected chi connectivity index (χ1v) is 11.5. The minimum atomic E-state index is -0.647. The summed E-state index contributed by atoms with van der Waals surface area (Å²) in [4.78, 5) is 36.6. The maximum absolute atomic E-state index is 12.7. The van der Waals surface area contributed by atoms with Crippen LogP contribution in [0.5, 0.6) is 5.75 Å². The Balaban J connectivity index is 1.73. The van der Waals surface area contributed by atoms with Gasteiger partial charge in [0.15, 0.2) is 6.61 Å². The zero-order chi connectivity index (χ0) is 26.1. The van der Waals surface area contributed by atoms with Crippen molar-refractivity contribution in [2.75, 3.05) is 24.4 Å². The van der Waals surface area contributed by atoms with Crippen LogP contribution in [0.1, 0.15) is 21.5 Å². The van der Waals surface area contributed by atoms with Crippen LogP contribution in [-0.2, 0) is 14.3 Å². The van der Waals surface area contributed by atoms with E-state index in [4.69, 9.17) is 4.74 Å². The van der Waals surface area contributed by atoms with Crippen LogP contribution < -0.4 is 15.4 Å². The summed E-state index contributed by atoms with van der Waals surface area (Å²) in [6.07, 6.45) is 1.37. The second-order valence-corrected chi connectivity index (χ2v) is 8.50. The van der Waals surface area contributed by atoms with Gasteiger partial charge in [-0.1, -0.05) is 28.1 Å². The first-order valence-electron chi connectivity index (χ1n) is 10.7. The lowest BCUT2D eigenvalue weighted by Crippen LogP contribution is -2.20. The number of ether oxygens (including phenoxy) is 2. The standard InChI is InChI=1S/C27H22BrN3O5/c1-17-4-3-5-23(12-17)30-25(32)16-36-24-11-8-21(28)14-19(24)13-20(15-29)26(33)31-22-9-6-18(7-10-22)27(34)35-2/h3-14H,16H2,1-2H3,(H,30,32)(H,31,33)/b20-13+. The van der Waals surface area contributed by atoms with E-state index in [-0.39, 0.29) is 18.1 Å². The fraction of sp³-hybridized carbons (Fsp3) is 0.111. The van der Waals surface area contributed by atoms with Crippen LogP contribution >= 0.6 is 15.9 Å². The van der Waals surface area contributed by atoms with Crippen molar-refractivity contribution in [1.82, 2.24) is 0 Å². The van der Waals surface area contributed by atoms with E-state index in [1.54, 1.807) is 24.3 Å². The number of anilines is 2. The molecule has 3 aromatic carbocycles. The van der Waals surface area contributed by atoms with Crippen LogP contribution in [0.25, 0.3) is 6.08 Å². The Hall–Kier alpha value is -4.42. The number of benzene rings is 3. The van der Waals surface area contributed by atoms with Gasteiger partial charge in [0.25, 0.3) is 11.8 Å². The zero-order valence-corrected chi connectivity index (χ0v) is 21.1. The van der Waals surface area contributed by atoms with Crippen molar-refractivity contribution in [2.45, 2.75) is 6.92 Å². The second kappa shape index (κ2) is 12.3. The Labute approximate surface area is 216 Å². The molecular weight excluding hydrogens is 526 g/mol. The molecule has 0 unspecified atom stereocenters. The SMILES string of the molecule is COC(=O)c1ccc(NC(=O)/C(C#N)=C/c2cc(Br)ccc2OCC(=O)Nc2cccc(C)c2)cc1. The van der Waals surface area contributed by atoms with Gasteiger partial charge in [0.2, 0.25) is 0 Å². The van der Waals surface area contributed by atoms with E-state index in [9.17, 15) is 19.6 Å². The number of hydrogen-bond acceptors (Lipinski definition) is 6. The molecule has 9 heteroatoms. The van der Waals surface area contributed by atoms with Crippen molar-refractivity contribution in [3.05, 3.63) is 93.5 Å². The van der Waals surface area contributed by atoms with Gasteiger partial charge in [-0.25, -0.2) is 4.79 Å². The lowest BCUT2D eigenvalue weighted by Gasteiger charge is -2.11. The molecule has 0 aliphatic carbocycles. The summed E-state index contributed by atoms with van der Waals surface area (Å²) < 4.78 is 11.0. The second-order valence-electron chi connectivity index (χ2n) is 7.58. The molecule has 0 aromatic heterocycles. The molecule has 0 aliphatic rings. The largest absolute Gasteiger partial charge is 0.483 e. The highest BCUT2D eigenvalue weighted by atomic mass is 79.9.